The van der Waals surface area contributed by atoms with Crippen LogP contribution in [-0.2, 0) is 33.6 Å². The van der Waals surface area contributed by atoms with Gasteiger partial charge in [-0.05, 0) is 176 Å². The summed E-state index contributed by atoms with van der Waals surface area (Å²) in [6, 6.07) is 62.3. The molecule has 23 heteroatoms. The predicted molar refractivity (Wildman–Crippen MR) is 449 cm³/mol. The van der Waals surface area contributed by atoms with Crippen LogP contribution in [0.15, 0.2) is 267 Å². The average molecular weight is 1580 g/mol. The Balaban J connectivity index is 1.65. The van der Waals surface area contributed by atoms with Crippen molar-refractivity contribution < 1.29 is 66.7 Å². The highest BCUT2D eigenvalue weighted by Crippen LogP contribution is 2.42. The van der Waals surface area contributed by atoms with E-state index >= 15 is 0 Å². The number of nitriles is 4. The van der Waals surface area contributed by atoms with Gasteiger partial charge in [-0.25, -0.2) is 28.8 Å². The summed E-state index contributed by atoms with van der Waals surface area (Å²) in [5.74, 6) is -4.23. The van der Waals surface area contributed by atoms with Gasteiger partial charge >= 0.3 is 35.8 Å². The van der Waals surface area contributed by atoms with Gasteiger partial charge in [0.1, 0.15) is 64.5 Å². The largest absolute Gasteiger partial charge is 0.494 e. The number of carbonyl (C=O) groups excluding carboxylic acids is 7. The van der Waals surface area contributed by atoms with E-state index in [9.17, 15) is 54.6 Å². The Morgan fingerprint density at radius 2 is 0.664 bits per heavy atom. The number of nitrogens with one attached hydrogen (secondary N) is 1. The van der Waals surface area contributed by atoms with Crippen LogP contribution in [-0.4, -0.2) is 73.3 Å². The molecule has 21 nitrogen and oxygen atoms in total. The van der Waals surface area contributed by atoms with Crippen molar-refractivity contribution in [3.8, 4) is 87.0 Å². The zero-order valence-corrected chi connectivity index (χ0v) is 67.4. The molecule has 8 aromatic carbocycles. The lowest BCUT2D eigenvalue weighted by molar-refractivity contribution is -0.130. The molecule has 0 saturated heterocycles. The van der Waals surface area contributed by atoms with Crippen LogP contribution < -0.4 is 80.3 Å². The molecule has 1 amide bonds. The Hall–Kier alpha value is -14.8. The Morgan fingerprint density at radius 3 is 0.957 bits per heavy atom. The van der Waals surface area contributed by atoms with Crippen molar-refractivity contribution in [2.24, 2.45) is 0 Å². The highest BCUT2D eigenvalue weighted by atomic mass is 28.3. The number of hydrogen-bond acceptors (Lipinski definition) is 18. The Labute approximate surface area is 673 Å². The second-order valence-electron chi connectivity index (χ2n) is 27.5. The summed E-state index contributed by atoms with van der Waals surface area (Å²) in [6.45, 7) is 36.0. The highest BCUT2D eigenvalue weighted by Gasteiger charge is 2.51. The summed E-state index contributed by atoms with van der Waals surface area (Å²) in [5.41, 5.74) is 0.198. The van der Waals surface area contributed by atoms with Crippen molar-refractivity contribution in [1.29, 1.82) is 21.0 Å². The normalized spacial score (nSPS) is 10.9. The number of para-hydroxylation sites is 1. The van der Waals surface area contributed by atoms with Gasteiger partial charge in [0.15, 0.2) is 11.1 Å². The zero-order chi connectivity index (χ0) is 83.9. The molecule has 2 aromatic heterocycles. The number of unbranched alkanes of at least 4 members (excludes halogenated alkanes) is 2. The quantitative estimate of drug-likeness (QED) is 0.0109. The number of ether oxygens (including phenoxy) is 7. The molecule has 116 heavy (non-hydrogen) atoms. The number of nitrogens with zero attached hydrogens (tertiary/aromatic N) is 6. The van der Waals surface area contributed by atoms with E-state index in [-0.39, 0.29) is 131 Å². The molecule has 0 aliphatic carbocycles. The summed E-state index contributed by atoms with van der Waals surface area (Å²) < 4.78 is 45.9. The fourth-order valence-corrected chi connectivity index (χ4v) is 22.9. The minimum absolute atomic E-state index is 0.0226. The minimum Gasteiger partial charge on any atom is -0.494 e. The molecular formula is C93H81N7O14Si2. The Kier molecular flexibility index (Phi) is 26.4. The molecule has 0 saturated carbocycles. The third-order valence-corrected chi connectivity index (χ3v) is 28.0. The molecule has 10 aromatic rings. The molecule has 0 aliphatic rings. The number of amides is 1. The number of anilines is 1. The molecule has 0 bridgehead atoms. The first-order valence-electron chi connectivity index (χ1n) is 36.8. The van der Waals surface area contributed by atoms with E-state index in [0.717, 1.165) is 6.42 Å². The molecule has 2 heterocycles. The highest BCUT2D eigenvalue weighted by molar-refractivity contribution is 7.11. The number of esters is 6. The fraction of sp³-hybridized carbons (Fsp3) is 0.151. The second-order valence-corrected chi connectivity index (χ2v) is 34.7. The molecule has 0 spiro atoms. The van der Waals surface area contributed by atoms with Crippen LogP contribution in [0.25, 0.3) is 44.4 Å². The van der Waals surface area contributed by atoms with Crippen molar-refractivity contribution in [3.05, 3.63) is 278 Å². The number of rotatable bonds is 30. The molecule has 0 aliphatic heterocycles. The standard InChI is InChI=1S/C93H81N7O14Si2/c1-15-17-26-81(101)98-80-25-20-19-24-79(80)87-83-82(85(64(53-94)54-95)100(87)116(76-45-33-69(34-46-76)112-91(105)60(9)10,77-47-35-70(36-48-77)113-92(106)61(11)12)78-49-37-71(38-50-78)114-93(107)62(13)14)84(63-22-21-23-72(52-63)108-51-18-16-2)99(86(83)65(55-96)56-97)115(73-39-27-66(28-40-73)109-88(102)57(3)4,74-41-29-67(30-42-74)110-89(103)58(5)6)75-43-31-68(32-44-75)111-90(104)59(7)8/h19-25,27-50,52H,3,5,7,9,11,13,15-18,26,51H2,1-2,4,6,8,10,12,14H3,(H,98,101). The van der Waals surface area contributed by atoms with Crippen LogP contribution >= 0.6 is 0 Å². The number of aromatic nitrogens is 2. The molecule has 0 atom stereocenters. The zero-order valence-electron chi connectivity index (χ0n) is 65.4. The van der Waals surface area contributed by atoms with Gasteiger partial charge in [0.2, 0.25) is 5.91 Å². The van der Waals surface area contributed by atoms with E-state index in [1.807, 2.05) is 22.3 Å². The van der Waals surface area contributed by atoms with Crippen LogP contribution in [0.4, 0.5) is 5.69 Å². The van der Waals surface area contributed by atoms with Crippen molar-refractivity contribution >= 4 is 117 Å². The summed E-state index contributed by atoms with van der Waals surface area (Å²) in [4.78, 5) is 96.1. The maximum Gasteiger partial charge on any atom is 0.338 e. The molecule has 10 rings (SSSR count). The van der Waals surface area contributed by atoms with Gasteiger partial charge in [-0.2, -0.15) is 21.0 Å². The first-order valence-corrected chi connectivity index (χ1v) is 40.7. The van der Waals surface area contributed by atoms with E-state index < -0.39 is 69.3 Å². The first-order chi connectivity index (χ1) is 55.6. The maximum absolute atomic E-state index is 14.9. The third-order valence-electron chi connectivity index (χ3n) is 18.8. The molecular weight excluding hydrogens is 1500 g/mol. The van der Waals surface area contributed by atoms with E-state index in [1.54, 1.807) is 194 Å². The second kappa shape index (κ2) is 36.6. The summed E-state index contributed by atoms with van der Waals surface area (Å²) in [5, 5.41) is 55.2. The van der Waals surface area contributed by atoms with Crippen molar-refractivity contribution in [3.63, 3.8) is 0 Å². The van der Waals surface area contributed by atoms with Gasteiger partial charge in [0.25, 0.3) is 16.5 Å². The topological polar surface area (TPSA) is 301 Å². The average Bonchev–Trinajstić information content (AvgIpc) is 1.50. The van der Waals surface area contributed by atoms with E-state index in [1.165, 1.54) is 41.5 Å². The van der Waals surface area contributed by atoms with Crippen LogP contribution in [0.2, 0.25) is 0 Å². The molecule has 0 unspecified atom stereocenters. The number of benzene rings is 8. The van der Waals surface area contributed by atoms with Crippen LogP contribution in [0, 0.1) is 45.3 Å². The molecule has 1 N–H and O–H groups in total. The van der Waals surface area contributed by atoms with Gasteiger partial charge in [0.05, 0.1) is 34.4 Å². The molecule has 0 fully saturated rings. The monoisotopic (exact) mass is 1580 g/mol. The van der Waals surface area contributed by atoms with E-state index in [2.05, 4.69) is 69.1 Å². The van der Waals surface area contributed by atoms with Gasteiger partial charge < -0.3 is 46.9 Å². The lowest BCUT2D eigenvalue weighted by atomic mass is 10.0. The smallest absolute Gasteiger partial charge is 0.338 e. The molecule has 0 radical (unpaired) electrons. The van der Waals surface area contributed by atoms with Gasteiger partial charge in [-0.1, -0.05) is 169 Å². The Morgan fingerprint density at radius 1 is 0.371 bits per heavy atom. The van der Waals surface area contributed by atoms with Gasteiger partial charge in [-0.15, -0.1) is 0 Å². The summed E-state index contributed by atoms with van der Waals surface area (Å²) in [6.07, 6.45) is 2.49. The van der Waals surface area contributed by atoms with Gasteiger partial charge in [-0.3, -0.25) is 4.79 Å². The Bertz CT molecular complexity index is 5590. The first kappa shape index (κ1) is 83.7. The number of fused-ring (bicyclic) bond motifs is 1. The predicted octanol–water partition coefficient (Wildman–Crippen LogP) is 12.4. The minimum atomic E-state index is -4.96. The van der Waals surface area contributed by atoms with Crippen molar-refractivity contribution in [2.45, 2.75) is 87.5 Å². The molecule has 580 valence electrons. The summed E-state index contributed by atoms with van der Waals surface area (Å²) in [7, 11) is -9.88. The van der Waals surface area contributed by atoms with Crippen molar-refractivity contribution in [2.75, 3.05) is 11.9 Å². The number of carbonyl (C=O) groups is 7. The fourth-order valence-electron chi connectivity index (χ4n) is 13.2. The van der Waals surface area contributed by atoms with Crippen LogP contribution in [0.1, 0.15) is 87.5 Å². The number of hydrogen-bond donors (Lipinski definition) is 1. The van der Waals surface area contributed by atoms with Crippen molar-refractivity contribution in [1.82, 2.24) is 8.47 Å². The lowest BCUT2D eigenvalue weighted by Gasteiger charge is -2.39. The SMILES string of the molecule is C=C(C)C(=O)Oc1ccc([Si](c2ccc(OC(=O)C(=C)C)cc2)(c2ccc(OC(=O)C(=C)C)cc2)n2c(-c3cccc(OCCCC)c3)c3c(=C(C#N)C#N)n([Si](c4ccc(OC(=O)C(=C)C)cc4)(c4ccc(OC(=O)C(=C)C)cc4)c4ccc(OC(=O)C(=C)C)cc4)c(-c4ccccc4NC(=O)CCCC)c3c2=C(C#N)C#N)cc1. The van der Waals surface area contributed by atoms with Gasteiger partial charge in [0, 0.05) is 61.8 Å². The van der Waals surface area contributed by atoms with E-state index in [0.29, 0.717) is 56.1 Å². The summed E-state index contributed by atoms with van der Waals surface area (Å²) >= 11 is 0. The van der Waals surface area contributed by atoms with E-state index in [4.69, 9.17) is 33.2 Å². The third kappa shape index (κ3) is 17.3. The maximum atomic E-state index is 14.9. The van der Waals surface area contributed by atoms with Crippen LogP contribution in [0.3, 0.4) is 0 Å². The van der Waals surface area contributed by atoms with Crippen LogP contribution in [0.5, 0.6) is 40.2 Å². The lowest BCUT2D eigenvalue weighted by Crippen LogP contribution is -2.75.